The third-order valence-electron chi connectivity index (χ3n) is 12.8. The summed E-state index contributed by atoms with van der Waals surface area (Å²) in [6.45, 7) is 4.60. The quantitative estimate of drug-likeness (QED) is 0.0243. The van der Waals surface area contributed by atoms with Crippen LogP contribution >= 0.6 is 7.82 Å². The maximum absolute atomic E-state index is 12.9. The summed E-state index contributed by atoms with van der Waals surface area (Å²) in [5.41, 5.74) is 0. The van der Waals surface area contributed by atoms with Gasteiger partial charge in [0.2, 0.25) is 5.91 Å². The Morgan fingerprint density at radius 2 is 0.859 bits per heavy atom. The molecule has 3 unspecified atom stereocenters. The number of phosphoric ester groups is 1. The van der Waals surface area contributed by atoms with Crippen molar-refractivity contribution in [3.05, 3.63) is 85.1 Å². The van der Waals surface area contributed by atoms with E-state index in [-0.39, 0.29) is 19.1 Å². The third kappa shape index (κ3) is 55.3. The van der Waals surface area contributed by atoms with Crippen LogP contribution in [0.15, 0.2) is 85.1 Å². The maximum atomic E-state index is 12.9. The molecule has 0 aromatic carbocycles. The Morgan fingerprint density at radius 1 is 0.493 bits per heavy atom. The number of quaternary nitrogens is 1. The second kappa shape index (κ2) is 52.5. The summed E-state index contributed by atoms with van der Waals surface area (Å²) < 4.78 is 23.5. The van der Waals surface area contributed by atoms with E-state index < -0.39 is 20.0 Å². The number of allylic oxidation sites excluding steroid dienone is 13. The van der Waals surface area contributed by atoms with Crippen molar-refractivity contribution in [1.82, 2.24) is 5.32 Å². The highest BCUT2D eigenvalue weighted by molar-refractivity contribution is 7.47. The number of nitrogens with one attached hydrogen (secondary N) is 1. The van der Waals surface area contributed by atoms with Gasteiger partial charge >= 0.3 is 7.82 Å². The summed E-state index contributed by atoms with van der Waals surface area (Å²) in [5, 5.41) is 13.8. The summed E-state index contributed by atoms with van der Waals surface area (Å²) >= 11 is 0. The number of carbonyl (C=O) groups is 1. The molecule has 1 amide bonds. The molecule has 0 saturated heterocycles. The minimum Gasteiger partial charge on any atom is -0.387 e. The summed E-state index contributed by atoms with van der Waals surface area (Å²) in [7, 11) is 1.55. The molecule has 0 fully saturated rings. The first-order valence-corrected chi connectivity index (χ1v) is 31.0. The van der Waals surface area contributed by atoms with Crippen LogP contribution in [0, 0.1) is 0 Å². The average Bonchev–Trinajstić information content (AvgIpc) is 3.33. The van der Waals surface area contributed by atoms with E-state index in [1.807, 2.05) is 27.2 Å². The van der Waals surface area contributed by atoms with Gasteiger partial charge in [-0.05, 0) is 70.6 Å². The van der Waals surface area contributed by atoms with Crippen molar-refractivity contribution < 1.29 is 32.9 Å². The van der Waals surface area contributed by atoms with Crippen LogP contribution < -0.4 is 5.32 Å². The van der Waals surface area contributed by atoms with E-state index in [9.17, 15) is 19.4 Å². The first-order chi connectivity index (χ1) is 34.5. The number of nitrogens with zero attached hydrogens (tertiary/aromatic N) is 1. The highest BCUT2D eigenvalue weighted by Crippen LogP contribution is 2.43. The molecule has 0 aliphatic heterocycles. The molecule has 412 valence electrons. The van der Waals surface area contributed by atoms with Crippen molar-refractivity contribution in [2.75, 3.05) is 40.9 Å². The lowest BCUT2D eigenvalue weighted by Gasteiger charge is -2.25. The Morgan fingerprint density at radius 3 is 1.30 bits per heavy atom. The van der Waals surface area contributed by atoms with E-state index in [1.165, 1.54) is 161 Å². The van der Waals surface area contributed by atoms with Gasteiger partial charge in [-0.15, -0.1) is 0 Å². The second-order valence-electron chi connectivity index (χ2n) is 21.0. The normalized spacial score (nSPS) is 14.5. The summed E-state index contributed by atoms with van der Waals surface area (Å²) in [6, 6.07) is -0.861. The van der Waals surface area contributed by atoms with Crippen molar-refractivity contribution in [2.24, 2.45) is 0 Å². The molecular formula is C62H114N2O6P+. The van der Waals surface area contributed by atoms with Gasteiger partial charge in [-0.25, -0.2) is 4.57 Å². The van der Waals surface area contributed by atoms with Crippen LogP contribution in [0.25, 0.3) is 0 Å². The molecule has 0 aliphatic rings. The number of aliphatic hydroxyl groups is 1. The number of phosphoric acid groups is 1. The minimum atomic E-state index is -4.34. The number of amides is 1. The smallest absolute Gasteiger partial charge is 0.387 e. The van der Waals surface area contributed by atoms with E-state index in [1.54, 1.807) is 6.08 Å². The molecule has 0 spiro atoms. The Balaban J connectivity index is 3.78. The van der Waals surface area contributed by atoms with Crippen LogP contribution in [0.5, 0.6) is 0 Å². The lowest BCUT2D eigenvalue weighted by Crippen LogP contribution is -2.45. The van der Waals surface area contributed by atoms with E-state index in [0.717, 1.165) is 70.6 Å². The standard InChI is InChI=1S/C62H113N2O6P/c1-6-8-10-12-14-16-17-18-19-20-21-22-23-24-25-26-27-28-29-30-31-32-33-34-35-36-37-38-39-40-41-42-43-44-45-46-47-48-50-52-54-56-62(66)63-60(59-70-71(67,68)69-58-57-64(3,4)5)61(65)55-53-51-49-15-13-11-9-7-2/h8,10,13-16,18-19,21-22,24-25,53,55,60-61,65H,6-7,9,11-12,17,20,23,26-52,54,56-59H2,1-5H3,(H-,63,66,67,68)/p+1/b10-8-,15-13+,16-14-,19-18-,22-21-,25-24-,55-53+. The Bertz CT molecular complexity index is 1430. The van der Waals surface area contributed by atoms with Crippen LogP contribution in [-0.4, -0.2) is 73.4 Å². The van der Waals surface area contributed by atoms with Gasteiger partial charge < -0.3 is 19.8 Å². The van der Waals surface area contributed by atoms with Gasteiger partial charge in [-0.2, -0.15) is 0 Å². The lowest BCUT2D eigenvalue weighted by molar-refractivity contribution is -0.870. The van der Waals surface area contributed by atoms with Crippen molar-refractivity contribution in [2.45, 2.75) is 264 Å². The lowest BCUT2D eigenvalue weighted by atomic mass is 10.0. The van der Waals surface area contributed by atoms with Crippen molar-refractivity contribution in [1.29, 1.82) is 0 Å². The molecule has 9 heteroatoms. The summed E-state index contributed by atoms with van der Waals surface area (Å²) in [6.07, 6.45) is 74.6. The van der Waals surface area contributed by atoms with E-state index >= 15 is 0 Å². The van der Waals surface area contributed by atoms with Gasteiger partial charge in [0.05, 0.1) is 39.9 Å². The molecule has 8 nitrogen and oxygen atoms in total. The van der Waals surface area contributed by atoms with Crippen molar-refractivity contribution >= 4 is 13.7 Å². The summed E-state index contributed by atoms with van der Waals surface area (Å²) in [4.78, 5) is 23.1. The number of aliphatic hydroxyl groups excluding tert-OH is 1. The molecule has 0 aromatic heterocycles. The minimum absolute atomic E-state index is 0.0550. The SMILES string of the molecule is CC/C=C\C/C=C\C/C=C\C/C=C\C/C=C\CCCCCCCCCCCCCCCCCCCCCCCCCCCC(=O)NC(COP(=O)(O)OCC[N+](C)(C)C)C(O)/C=C/CC/C=C/CCCC. The van der Waals surface area contributed by atoms with E-state index in [4.69, 9.17) is 9.05 Å². The largest absolute Gasteiger partial charge is 0.472 e. The number of carbonyl (C=O) groups excluding carboxylic acids is 1. The van der Waals surface area contributed by atoms with Crippen molar-refractivity contribution in [3.63, 3.8) is 0 Å². The van der Waals surface area contributed by atoms with Crippen LogP contribution in [0.4, 0.5) is 0 Å². The van der Waals surface area contributed by atoms with Crippen LogP contribution in [0.2, 0.25) is 0 Å². The van der Waals surface area contributed by atoms with E-state index in [0.29, 0.717) is 17.4 Å². The van der Waals surface area contributed by atoms with Gasteiger partial charge in [-0.3, -0.25) is 13.8 Å². The molecule has 0 aromatic rings. The molecule has 0 bridgehead atoms. The molecule has 71 heavy (non-hydrogen) atoms. The van der Waals surface area contributed by atoms with Gasteiger partial charge in [0.1, 0.15) is 13.2 Å². The van der Waals surface area contributed by atoms with Gasteiger partial charge in [-0.1, -0.05) is 259 Å². The van der Waals surface area contributed by atoms with Crippen LogP contribution in [0.3, 0.4) is 0 Å². The zero-order valence-electron chi connectivity index (χ0n) is 46.9. The number of unbranched alkanes of at least 4 members (excludes halogenated alkanes) is 28. The molecule has 3 atom stereocenters. The van der Waals surface area contributed by atoms with Crippen molar-refractivity contribution in [3.8, 4) is 0 Å². The number of rotatable bonds is 53. The molecule has 0 aliphatic carbocycles. The number of likely N-dealkylation sites (N-methyl/N-ethyl adjacent to an activating group) is 1. The van der Waals surface area contributed by atoms with Gasteiger partial charge in [0.25, 0.3) is 0 Å². The third-order valence-corrected chi connectivity index (χ3v) is 13.8. The van der Waals surface area contributed by atoms with Gasteiger partial charge in [0.15, 0.2) is 0 Å². The predicted molar refractivity (Wildman–Crippen MR) is 309 cm³/mol. The zero-order chi connectivity index (χ0) is 52.0. The van der Waals surface area contributed by atoms with Crippen LogP contribution in [-0.2, 0) is 18.4 Å². The molecule has 0 saturated carbocycles. The zero-order valence-corrected chi connectivity index (χ0v) is 47.8. The Labute approximate surface area is 439 Å². The predicted octanol–water partition coefficient (Wildman–Crippen LogP) is 18.0. The molecular weight excluding hydrogens is 900 g/mol. The number of hydrogen-bond donors (Lipinski definition) is 3. The number of hydrogen-bond acceptors (Lipinski definition) is 5. The molecule has 0 radical (unpaired) electrons. The fraction of sp³-hybridized carbons (Fsp3) is 0.758. The molecule has 0 heterocycles. The van der Waals surface area contributed by atoms with E-state index in [2.05, 4.69) is 92.1 Å². The highest BCUT2D eigenvalue weighted by Gasteiger charge is 2.27. The fourth-order valence-corrected chi connectivity index (χ4v) is 8.98. The fourth-order valence-electron chi connectivity index (χ4n) is 8.25. The average molecular weight is 1010 g/mol. The van der Waals surface area contributed by atoms with Gasteiger partial charge in [0, 0.05) is 6.42 Å². The monoisotopic (exact) mass is 1010 g/mol. The van der Waals surface area contributed by atoms with Crippen LogP contribution in [0.1, 0.15) is 251 Å². The topological polar surface area (TPSA) is 105 Å². The second-order valence-corrected chi connectivity index (χ2v) is 22.4. The maximum Gasteiger partial charge on any atom is 0.472 e. The first-order valence-electron chi connectivity index (χ1n) is 29.5. The summed E-state index contributed by atoms with van der Waals surface area (Å²) in [5.74, 6) is -0.189. The molecule has 3 N–H and O–H groups in total. The first kappa shape index (κ1) is 68.7. The molecule has 0 rings (SSSR count). The Kier molecular flexibility index (Phi) is 50.8. The Hall–Kier alpha value is -2.32. The highest BCUT2D eigenvalue weighted by atomic mass is 31.2.